The number of carbonyl (C=O) groups is 2. The van der Waals surface area contributed by atoms with Crippen LogP contribution in [0.3, 0.4) is 0 Å². The number of thiophene rings is 1. The SMILES string of the molecule is COc1ccsc1C(=O)N1CCOC(C(=O)O)C1. The molecule has 1 atom stereocenters. The Kier molecular flexibility index (Phi) is 3.83. The third kappa shape index (κ3) is 2.46. The molecule has 0 aliphatic carbocycles. The van der Waals surface area contributed by atoms with Crippen LogP contribution >= 0.6 is 11.3 Å². The van der Waals surface area contributed by atoms with Gasteiger partial charge in [0.2, 0.25) is 0 Å². The molecular formula is C11H13NO5S. The fourth-order valence-corrected chi connectivity index (χ4v) is 2.57. The molecule has 98 valence electrons. The molecule has 1 saturated heterocycles. The summed E-state index contributed by atoms with van der Waals surface area (Å²) in [6.45, 7) is 0.690. The highest BCUT2D eigenvalue weighted by Gasteiger charge is 2.30. The largest absolute Gasteiger partial charge is 0.495 e. The molecule has 1 fully saturated rings. The number of amides is 1. The van der Waals surface area contributed by atoms with Gasteiger partial charge in [-0.15, -0.1) is 11.3 Å². The lowest BCUT2D eigenvalue weighted by atomic mass is 10.2. The number of nitrogens with zero attached hydrogens (tertiary/aromatic N) is 1. The van der Waals surface area contributed by atoms with Gasteiger partial charge in [0.1, 0.15) is 10.6 Å². The van der Waals surface area contributed by atoms with Crippen molar-refractivity contribution in [2.24, 2.45) is 0 Å². The molecule has 1 unspecified atom stereocenters. The number of carbonyl (C=O) groups excluding carboxylic acids is 1. The van der Waals surface area contributed by atoms with Crippen LogP contribution in [-0.4, -0.2) is 54.8 Å². The van der Waals surface area contributed by atoms with E-state index in [1.54, 1.807) is 11.4 Å². The number of hydrogen-bond donors (Lipinski definition) is 1. The lowest BCUT2D eigenvalue weighted by Gasteiger charge is -2.30. The van der Waals surface area contributed by atoms with Crippen LogP contribution in [0.5, 0.6) is 5.75 Å². The predicted octanol–water partition coefficient (Wildman–Crippen LogP) is 0.682. The summed E-state index contributed by atoms with van der Waals surface area (Å²) in [5.41, 5.74) is 0. The first kappa shape index (κ1) is 12.8. The fraction of sp³-hybridized carbons (Fsp3) is 0.455. The minimum atomic E-state index is -1.05. The second kappa shape index (κ2) is 5.36. The standard InChI is InChI=1S/C11H13NO5S/c1-16-7-2-5-18-9(7)10(13)12-3-4-17-8(6-12)11(14)15/h2,5,8H,3-4,6H2,1H3,(H,14,15). The number of hydrogen-bond acceptors (Lipinski definition) is 5. The van der Waals surface area contributed by atoms with Crippen molar-refractivity contribution in [1.29, 1.82) is 0 Å². The molecule has 2 rings (SSSR count). The summed E-state index contributed by atoms with van der Waals surface area (Å²) in [6.07, 6.45) is -0.950. The molecule has 1 amide bonds. The van der Waals surface area contributed by atoms with E-state index in [2.05, 4.69) is 0 Å². The van der Waals surface area contributed by atoms with Crippen molar-refractivity contribution in [3.05, 3.63) is 16.3 Å². The van der Waals surface area contributed by atoms with E-state index >= 15 is 0 Å². The predicted molar refractivity (Wildman–Crippen MR) is 64.2 cm³/mol. The second-order valence-electron chi connectivity index (χ2n) is 3.77. The quantitative estimate of drug-likeness (QED) is 0.875. The summed E-state index contributed by atoms with van der Waals surface area (Å²) in [5.74, 6) is -0.745. The Morgan fingerprint density at radius 3 is 3.06 bits per heavy atom. The molecule has 0 bridgehead atoms. The highest BCUT2D eigenvalue weighted by atomic mass is 32.1. The van der Waals surface area contributed by atoms with E-state index in [0.29, 0.717) is 17.2 Å². The number of aliphatic carboxylic acids is 1. The molecule has 7 heteroatoms. The zero-order chi connectivity index (χ0) is 13.1. The van der Waals surface area contributed by atoms with Crippen molar-refractivity contribution in [2.75, 3.05) is 26.8 Å². The van der Waals surface area contributed by atoms with Gasteiger partial charge < -0.3 is 19.5 Å². The first-order valence-electron chi connectivity index (χ1n) is 5.38. The van der Waals surface area contributed by atoms with Crippen LogP contribution in [0.1, 0.15) is 9.67 Å². The molecule has 1 aliphatic heterocycles. The van der Waals surface area contributed by atoms with Gasteiger partial charge in [0.05, 0.1) is 20.3 Å². The van der Waals surface area contributed by atoms with E-state index in [1.807, 2.05) is 0 Å². The Bertz CT molecular complexity index is 458. The van der Waals surface area contributed by atoms with Gasteiger partial charge in [0.15, 0.2) is 6.10 Å². The van der Waals surface area contributed by atoms with Gasteiger partial charge in [0.25, 0.3) is 5.91 Å². The lowest BCUT2D eigenvalue weighted by molar-refractivity contribution is -0.154. The van der Waals surface area contributed by atoms with E-state index < -0.39 is 12.1 Å². The first-order chi connectivity index (χ1) is 8.63. The van der Waals surface area contributed by atoms with Crippen LogP contribution in [0.25, 0.3) is 0 Å². The Balaban J connectivity index is 2.11. The van der Waals surface area contributed by atoms with Crippen LogP contribution in [0.2, 0.25) is 0 Å². The topological polar surface area (TPSA) is 76.1 Å². The number of ether oxygens (including phenoxy) is 2. The summed E-state index contributed by atoms with van der Waals surface area (Å²) in [5, 5.41) is 10.6. The van der Waals surface area contributed by atoms with E-state index in [0.717, 1.165) is 0 Å². The van der Waals surface area contributed by atoms with Crippen LogP contribution in [0.4, 0.5) is 0 Å². The summed E-state index contributed by atoms with van der Waals surface area (Å²) in [7, 11) is 1.50. The third-order valence-corrected chi connectivity index (χ3v) is 3.56. The van der Waals surface area contributed by atoms with Crippen molar-refractivity contribution in [1.82, 2.24) is 4.90 Å². The molecule has 0 radical (unpaired) electrons. The summed E-state index contributed by atoms with van der Waals surface area (Å²) < 4.78 is 10.2. The molecular weight excluding hydrogens is 258 g/mol. The Morgan fingerprint density at radius 1 is 1.61 bits per heavy atom. The van der Waals surface area contributed by atoms with Crippen molar-refractivity contribution < 1.29 is 24.2 Å². The number of methoxy groups -OCH3 is 1. The highest BCUT2D eigenvalue weighted by Crippen LogP contribution is 2.26. The van der Waals surface area contributed by atoms with Gasteiger partial charge >= 0.3 is 5.97 Å². The van der Waals surface area contributed by atoms with Crippen molar-refractivity contribution in [2.45, 2.75) is 6.10 Å². The van der Waals surface area contributed by atoms with E-state index in [1.165, 1.54) is 23.3 Å². The van der Waals surface area contributed by atoms with E-state index in [4.69, 9.17) is 14.6 Å². The van der Waals surface area contributed by atoms with Crippen LogP contribution in [-0.2, 0) is 9.53 Å². The molecule has 0 saturated carbocycles. The van der Waals surface area contributed by atoms with Crippen LogP contribution in [0, 0.1) is 0 Å². The highest BCUT2D eigenvalue weighted by molar-refractivity contribution is 7.12. The fourth-order valence-electron chi connectivity index (χ4n) is 1.74. The number of morpholine rings is 1. The average Bonchev–Trinajstić information content (AvgIpc) is 2.86. The van der Waals surface area contributed by atoms with Crippen molar-refractivity contribution in [3.63, 3.8) is 0 Å². The molecule has 1 aromatic heterocycles. The molecule has 6 nitrogen and oxygen atoms in total. The first-order valence-corrected chi connectivity index (χ1v) is 6.26. The maximum Gasteiger partial charge on any atom is 0.334 e. The van der Waals surface area contributed by atoms with Gasteiger partial charge in [-0.05, 0) is 11.4 Å². The molecule has 18 heavy (non-hydrogen) atoms. The summed E-state index contributed by atoms with van der Waals surface area (Å²) in [6, 6.07) is 1.72. The lowest BCUT2D eigenvalue weighted by Crippen LogP contribution is -2.48. The maximum absolute atomic E-state index is 12.2. The zero-order valence-corrected chi connectivity index (χ0v) is 10.6. The number of rotatable bonds is 3. The Morgan fingerprint density at radius 2 is 2.39 bits per heavy atom. The average molecular weight is 271 g/mol. The minimum Gasteiger partial charge on any atom is -0.495 e. The third-order valence-electron chi connectivity index (χ3n) is 2.67. The molecule has 2 heterocycles. The summed E-state index contributed by atoms with van der Waals surface area (Å²) >= 11 is 1.28. The Labute approximate surface area is 108 Å². The normalized spacial score (nSPS) is 19.6. The van der Waals surface area contributed by atoms with Gasteiger partial charge in [-0.2, -0.15) is 0 Å². The zero-order valence-electron chi connectivity index (χ0n) is 9.79. The summed E-state index contributed by atoms with van der Waals surface area (Å²) in [4.78, 5) is 25.0. The van der Waals surface area contributed by atoms with Gasteiger partial charge in [-0.3, -0.25) is 4.79 Å². The van der Waals surface area contributed by atoms with E-state index in [-0.39, 0.29) is 19.1 Å². The van der Waals surface area contributed by atoms with Gasteiger partial charge in [-0.1, -0.05) is 0 Å². The van der Waals surface area contributed by atoms with E-state index in [9.17, 15) is 9.59 Å². The second-order valence-corrected chi connectivity index (χ2v) is 4.68. The van der Waals surface area contributed by atoms with Crippen molar-refractivity contribution >= 4 is 23.2 Å². The number of carboxylic acid groups (broad SMARTS) is 1. The van der Waals surface area contributed by atoms with Gasteiger partial charge in [0, 0.05) is 6.54 Å². The van der Waals surface area contributed by atoms with Crippen LogP contribution < -0.4 is 4.74 Å². The Hall–Kier alpha value is -1.60. The molecule has 1 N–H and O–H groups in total. The number of carboxylic acids is 1. The molecule has 0 aromatic carbocycles. The monoisotopic (exact) mass is 271 g/mol. The molecule has 1 aromatic rings. The van der Waals surface area contributed by atoms with Gasteiger partial charge in [-0.25, -0.2) is 4.79 Å². The molecule has 1 aliphatic rings. The minimum absolute atomic E-state index is 0.0647. The maximum atomic E-state index is 12.2. The van der Waals surface area contributed by atoms with Crippen LogP contribution in [0.15, 0.2) is 11.4 Å². The molecule has 0 spiro atoms. The van der Waals surface area contributed by atoms with Crippen molar-refractivity contribution in [3.8, 4) is 5.75 Å². The smallest absolute Gasteiger partial charge is 0.334 e.